The molecule has 14 heteroatoms. The van der Waals surface area contributed by atoms with E-state index in [9.17, 15) is 29.1 Å². The fraction of sp³-hybridized carbons (Fsp3) is 0.553. The number of ether oxygens (including phenoxy) is 1. The molecule has 278 valence electrons. The second kappa shape index (κ2) is 13.9. The van der Waals surface area contributed by atoms with Crippen LogP contribution < -0.4 is 10.6 Å². The predicted octanol–water partition coefficient (Wildman–Crippen LogP) is 3.78. The molecule has 5 amide bonds. The van der Waals surface area contributed by atoms with Crippen molar-refractivity contribution in [2.45, 2.75) is 97.0 Å². The Morgan fingerprint density at radius 1 is 1.02 bits per heavy atom. The van der Waals surface area contributed by atoms with E-state index in [1.807, 2.05) is 6.07 Å². The molecule has 52 heavy (non-hydrogen) atoms. The van der Waals surface area contributed by atoms with Crippen molar-refractivity contribution in [3.05, 3.63) is 65.2 Å². The van der Waals surface area contributed by atoms with Crippen LogP contribution in [0.15, 0.2) is 48.5 Å². The molecule has 7 rings (SSSR count). The maximum Gasteiger partial charge on any atom is 0.482 e. The average molecular weight is 717 g/mol. The number of aromatic hydroxyl groups is 1. The molecular weight excluding hydrogens is 667 g/mol. The van der Waals surface area contributed by atoms with E-state index in [4.69, 9.17) is 14.0 Å². The molecule has 0 spiro atoms. The number of benzene rings is 2. The highest BCUT2D eigenvalue weighted by Gasteiger charge is 2.68. The van der Waals surface area contributed by atoms with Crippen LogP contribution in [0.2, 0.25) is 0 Å². The Balaban J connectivity index is 1.29. The molecule has 0 aromatic heterocycles. The van der Waals surface area contributed by atoms with E-state index in [2.05, 4.69) is 31.4 Å². The van der Waals surface area contributed by atoms with Crippen molar-refractivity contribution in [1.29, 1.82) is 0 Å². The first-order chi connectivity index (χ1) is 24.4. The number of phenols is 1. The first-order valence-corrected chi connectivity index (χ1v) is 18.1. The number of hydrogen-bond acceptors (Lipinski definition) is 9. The number of imide groups is 1. The van der Waals surface area contributed by atoms with E-state index in [1.165, 1.54) is 29.2 Å². The van der Waals surface area contributed by atoms with Crippen LogP contribution in [-0.2, 0) is 34.9 Å². The minimum Gasteiger partial charge on any atom is -0.508 e. The van der Waals surface area contributed by atoms with Gasteiger partial charge in [0.15, 0.2) is 0 Å². The van der Waals surface area contributed by atoms with E-state index >= 15 is 0 Å². The van der Waals surface area contributed by atoms with Crippen LogP contribution in [0.25, 0.3) is 0 Å². The molecule has 2 aromatic rings. The molecule has 3 N–H and O–H groups in total. The van der Waals surface area contributed by atoms with Crippen LogP contribution >= 0.6 is 0 Å². The average Bonchev–Trinajstić information content (AvgIpc) is 3.45. The molecule has 5 fully saturated rings. The van der Waals surface area contributed by atoms with Gasteiger partial charge in [0.2, 0.25) is 5.91 Å². The van der Waals surface area contributed by atoms with Crippen molar-refractivity contribution in [3.8, 4) is 5.75 Å². The lowest BCUT2D eigenvalue weighted by atomic mass is 9.43. The molecule has 2 aromatic carbocycles. The number of hydrogen-bond donors (Lipinski definition) is 3. The SMILES string of the molecule is CCN1CCN(C(=O)N[C@@H](C(=O)N[C@@H](Cc2cccc(C(=O)OC(C)(C)C)c2)B2O[C@@H]3C[C@@H]4C[C@@H](C4(C)C)[C@]3(C)O2)c2ccc(O)cc2)C(=O)C1=O. The lowest BCUT2D eigenvalue weighted by molar-refractivity contribution is -0.199. The van der Waals surface area contributed by atoms with Gasteiger partial charge in [-0.3, -0.25) is 19.3 Å². The van der Waals surface area contributed by atoms with Gasteiger partial charge in [-0.25, -0.2) is 9.59 Å². The highest BCUT2D eigenvalue weighted by atomic mass is 16.7. The van der Waals surface area contributed by atoms with Crippen molar-refractivity contribution in [2.24, 2.45) is 17.3 Å². The zero-order chi connectivity index (χ0) is 37.7. The molecule has 5 aliphatic rings. The summed E-state index contributed by atoms with van der Waals surface area (Å²) >= 11 is 0. The van der Waals surface area contributed by atoms with Crippen LogP contribution in [0.1, 0.15) is 88.8 Å². The molecule has 6 atom stereocenters. The lowest BCUT2D eigenvalue weighted by Crippen LogP contribution is -2.65. The predicted molar refractivity (Wildman–Crippen MR) is 191 cm³/mol. The van der Waals surface area contributed by atoms with Crippen LogP contribution in [0.3, 0.4) is 0 Å². The van der Waals surface area contributed by atoms with Gasteiger partial charge < -0.3 is 34.7 Å². The Bertz CT molecular complexity index is 1740. The van der Waals surface area contributed by atoms with Gasteiger partial charge >= 0.3 is 30.9 Å². The van der Waals surface area contributed by atoms with E-state index in [0.29, 0.717) is 29.2 Å². The van der Waals surface area contributed by atoms with E-state index in [0.717, 1.165) is 17.7 Å². The summed E-state index contributed by atoms with van der Waals surface area (Å²) in [5.41, 5.74) is 0.211. The van der Waals surface area contributed by atoms with E-state index in [-0.39, 0.29) is 42.7 Å². The van der Waals surface area contributed by atoms with Crippen LogP contribution in [0.5, 0.6) is 5.75 Å². The molecule has 0 radical (unpaired) electrons. The Morgan fingerprint density at radius 2 is 1.73 bits per heavy atom. The van der Waals surface area contributed by atoms with Crippen LogP contribution in [0, 0.1) is 17.3 Å². The van der Waals surface area contributed by atoms with Gasteiger partial charge in [-0.15, -0.1) is 0 Å². The summed E-state index contributed by atoms with van der Waals surface area (Å²) < 4.78 is 19.0. The normalized spacial score (nSPS) is 26.2. The number of piperazine rings is 1. The molecule has 2 bridgehead atoms. The number of phenolic OH excluding ortho intramolecular Hbond substituents is 1. The molecule has 3 saturated carbocycles. The molecule has 2 aliphatic heterocycles. The number of urea groups is 1. The van der Waals surface area contributed by atoms with Gasteiger partial charge in [-0.2, -0.15) is 0 Å². The second-order valence-corrected chi connectivity index (χ2v) is 16.2. The first kappa shape index (κ1) is 37.3. The highest BCUT2D eigenvalue weighted by Crippen LogP contribution is 2.65. The Kier molecular flexibility index (Phi) is 9.94. The van der Waals surface area contributed by atoms with Crippen LogP contribution in [-0.4, -0.2) is 94.6 Å². The number of likely N-dealkylation sites (N-methyl/N-ethyl adjacent to an activating group) is 1. The Labute approximate surface area is 304 Å². The monoisotopic (exact) mass is 716 g/mol. The van der Waals surface area contributed by atoms with Crippen molar-refractivity contribution in [2.75, 3.05) is 19.6 Å². The number of nitrogens with zero attached hydrogens (tertiary/aromatic N) is 2. The van der Waals surface area contributed by atoms with E-state index < -0.39 is 60.0 Å². The summed E-state index contributed by atoms with van der Waals surface area (Å²) in [7, 11) is -0.864. The number of nitrogens with one attached hydrogen (secondary N) is 2. The smallest absolute Gasteiger partial charge is 0.482 e. The zero-order valence-corrected chi connectivity index (χ0v) is 30.9. The third-order valence-electron chi connectivity index (χ3n) is 11.3. The molecule has 2 saturated heterocycles. The maximum absolute atomic E-state index is 14.4. The largest absolute Gasteiger partial charge is 0.508 e. The number of amides is 5. The molecule has 3 aliphatic carbocycles. The molecule has 13 nitrogen and oxygen atoms in total. The van der Waals surface area contributed by atoms with Gasteiger partial charge in [0.1, 0.15) is 17.4 Å². The second-order valence-electron chi connectivity index (χ2n) is 16.2. The van der Waals surface area contributed by atoms with Crippen LogP contribution in [0.4, 0.5) is 4.79 Å². The quantitative estimate of drug-likeness (QED) is 0.199. The zero-order valence-electron chi connectivity index (χ0n) is 30.9. The van der Waals surface area contributed by atoms with Gasteiger partial charge in [0.25, 0.3) is 0 Å². The summed E-state index contributed by atoms with van der Waals surface area (Å²) in [5, 5.41) is 15.7. The number of carbonyl (C=O) groups is 5. The Morgan fingerprint density at radius 3 is 2.38 bits per heavy atom. The number of rotatable bonds is 9. The van der Waals surface area contributed by atoms with Crippen molar-refractivity contribution in [1.82, 2.24) is 20.4 Å². The van der Waals surface area contributed by atoms with Crippen molar-refractivity contribution >= 4 is 36.8 Å². The summed E-state index contributed by atoms with van der Waals surface area (Å²) in [4.78, 5) is 68.5. The fourth-order valence-corrected chi connectivity index (χ4v) is 8.31. The number of carbonyl (C=O) groups excluding carboxylic acids is 5. The summed E-state index contributed by atoms with van der Waals surface area (Å²) in [6.45, 7) is 14.2. The summed E-state index contributed by atoms with van der Waals surface area (Å²) in [6.07, 6.45) is 1.89. The van der Waals surface area contributed by atoms with Gasteiger partial charge in [-0.05, 0) is 107 Å². The molecular formula is C38H49BN4O9. The third kappa shape index (κ3) is 7.15. The standard InChI is InChI=1S/C38H49BN4O9/c1-8-42-16-17-43(33(47)32(42)46)35(49)41-30(23-12-14-26(44)15-13-23)31(45)40-29(19-22-10-9-11-24(18-22)34(48)50-36(2,3)4)39-51-28-21-25-20-27(37(25,5)6)38(28,7)52-39/h9-15,18,25,27-30,44H,8,16-17,19-21H2,1-7H3,(H,40,45)(H,41,49)/t25-,27-,28+,29-,30+,38-/m0/s1. The van der Waals surface area contributed by atoms with Crippen molar-refractivity contribution in [3.63, 3.8) is 0 Å². The highest BCUT2D eigenvalue weighted by molar-refractivity contribution is 6.48. The minimum absolute atomic E-state index is 0.0347. The van der Waals surface area contributed by atoms with Gasteiger partial charge in [-0.1, -0.05) is 38.1 Å². The first-order valence-electron chi connectivity index (χ1n) is 18.1. The molecule has 0 unspecified atom stereocenters. The number of esters is 1. The summed E-state index contributed by atoms with van der Waals surface area (Å²) in [5.74, 6) is -2.95. The minimum atomic E-state index is -1.33. The lowest BCUT2D eigenvalue weighted by Gasteiger charge is -2.64. The fourth-order valence-electron chi connectivity index (χ4n) is 8.31. The van der Waals surface area contributed by atoms with Crippen molar-refractivity contribution < 1.29 is 43.1 Å². The van der Waals surface area contributed by atoms with Gasteiger partial charge in [0.05, 0.1) is 23.2 Å². The van der Waals surface area contributed by atoms with Gasteiger partial charge in [0, 0.05) is 19.6 Å². The molecule has 2 heterocycles. The van der Waals surface area contributed by atoms with E-state index in [1.54, 1.807) is 45.9 Å². The topological polar surface area (TPSA) is 164 Å². The maximum atomic E-state index is 14.4. The summed E-state index contributed by atoms with van der Waals surface area (Å²) in [6, 6.07) is 10.5. The Hall–Kier alpha value is -4.43. The third-order valence-corrected chi connectivity index (χ3v) is 11.3.